The van der Waals surface area contributed by atoms with Crippen LogP contribution in [0.5, 0.6) is 5.75 Å². The molecule has 150 valence electrons. The van der Waals surface area contributed by atoms with Crippen LogP contribution in [0.25, 0.3) is 0 Å². The Labute approximate surface area is 170 Å². The molecule has 1 heterocycles. The summed E-state index contributed by atoms with van der Waals surface area (Å²) in [6.45, 7) is 0.731. The molecular weight excluding hydrogens is 400 g/mol. The fourth-order valence-corrected chi connectivity index (χ4v) is 4.53. The molecule has 6 nitrogen and oxygen atoms in total. The Morgan fingerprint density at radius 3 is 2.50 bits per heavy atom. The minimum atomic E-state index is -3.66. The number of ether oxygens (including phenoxy) is 1. The Kier molecular flexibility index (Phi) is 6.59. The third-order valence-electron chi connectivity index (χ3n) is 4.83. The van der Waals surface area contributed by atoms with Crippen LogP contribution in [0.1, 0.15) is 30.9 Å². The van der Waals surface area contributed by atoms with Gasteiger partial charge in [0.05, 0.1) is 18.0 Å². The Balaban J connectivity index is 1.58. The molecule has 1 saturated heterocycles. The lowest BCUT2D eigenvalue weighted by Gasteiger charge is -2.25. The monoisotopic (exact) mass is 422 g/mol. The number of benzene rings is 2. The van der Waals surface area contributed by atoms with Crippen LogP contribution in [-0.2, 0) is 14.8 Å². The standard InChI is InChI=1S/C20H23ClN2O4S/c1-27-17-8-4-15(5-9-17)19-3-2-14-23(19)20(24)12-13-22-28(25,26)18-10-6-16(21)7-11-18/h4-11,19,22H,2-3,12-14H2,1H3/t19-/m0/s1. The number of methoxy groups -OCH3 is 1. The summed E-state index contributed by atoms with van der Waals surface area (Å²) < 4.78 is 32.3. The van der Waals surface area contributed by atoms with Crippen LogP contribution in [0.15, 0.2) is 53.4 Å². The van der Waals surface area contributed by atoms with Crippen molar-refractivity contribution < 1.29 is 17.9 Å². The van der Waals surface area contributed by atoms with Crippen molar-refractivity contribution in [2.45, 2.75) is 30.2 Å². The van der Waals surface area contributed by atoms with Gasteiger partial charge in [0.1, 0.15) is 5.75 Å². The predicted molar refractivity (Wildman–Crippen MR) is 108 cm³/mol. The lowest BCUT2D eigenvalue weighted by atomic mass is 10.0. The first-order valence-electron chi connectivity index (χ1n) is 9.09. The maximum atomic E-state index is 12.7. The van der Waals surface area contributed by atoms with E-state index in [0.29, 0.717) is 11.6 Å². The molecule has 0 saturated carbocycles. The van der Waals surface area contributed by atoms with Gasteiger partial charge in [-0.25, -0.2) is 13.1 Å². The summed E-state index contributed by atoms with van der Waals surface area (Å²) in [7, 11) is -2.05. The number of hydrogen-bond donors (Lipinski definition) is 1. The molecule has 0 spiro atoms. The van der Waals surface area contributed by atoms with E-state index in [0.717, 1.165) is 24.2 Å². The first-order valence-corrected chi connectivity index (χ1v) is 11.0. The smallest absolute Gasteiger partial charge is 0.240 e. The first-order chi connectivity index (χ1) is 13.4. The number of hydrogen-bond acceptors (Lipinski definition) is 4. The predicted octanol–water partition coefficient (Wildman–Crippen LogP) is 3.38. The third kappa shape index (κ3) is 4.84. The number of carbonyl (C=O) groups is 1. The minimum Gasteiger partial charge on any atom is -0.497 e. The van der Waals surface area contributed by atoms with Gasteiger partial charge in [-0.3, -0.25) is 4.79 Å². The molecule has 8 heteroatoms. The molecule has 28 heavy (non-hydrogen) atoms. The van der Waals surface area contributed by atoms with E-state index >= 15 is 0 Å². The molecular formula is C20H23ClN2O4S. The number of carbonyl (C=O) groups excluding carboxylic acids is 1. The van der Waals surface area contributed by atoms with Gasteiger partial charge in [-0.2, -0.15) is 0 Å². The Morgan fingerprint density at radius 2 is 1.86 bits per heavy atom. The van der Waals surface area contributed by atoms with Gasteiger partial charge in [0.15, 0.2) is 0 Å². The highest BCUT2D eigenvalue weighted by Gasteiger charge is 2.29. The van der Waals surface area contributed by atoms with Crippen molar-refractivity contribution >= 4 is 27.5 Å². The van der Waals surface area contributed by atoms with E-state index in [-0.39, 0.29) is 29.8 Å². The van der Waals surface area contributed by atoms with Crippen LogP contribution < -0.4 is 9.46 Å². The summed E-state index contributed by atoms with van der Waals surface area (Å²) in [6.07, 6.45) is 1.94. The number of amides is 1. The van der Waals surface area contributed by atoms with Crippen LogP contribution in [0.4, 0.5) is 0 Å². The fourth-order valence-electron chi connectivity index (χ4n) is 3.37. The third-order valence-corrected chi connectivity index (χ3v) is 6.56. The zero-order valence-electron chi connectivity index (χ0n) is 15.6. The van der Waals surface area contributed by atoms with E-state index in [4.69, 9.17) is 16.3 Å². The van der Waals surface area contributed by atoms with Crippen molar-refractivity contribution in [3.8, 4) is 5.75 Å². The molecule has 1 amide bonds. The lowest BCUT2D eigenvalue weighted by molar-refractivity contribution is -0.131. The molecule has 0 radical (unpaired) electrons. The highest BCUT2D eigenvalue weighted by Crippen LogP contribution is 2.33. The summed E-state index contributed by atoms with van der Waals surface area (Å²) in [4.78, 5) is 14.6. The summed E-state index contributed by atoms with van der Waals surface area (Å²) in [6, 6.07) is 13.6. The summed E-state index contributed by atoms with van der Waals surface area (Å²) >= 11 is 5.79. The van der Waals surface area contributed by atoms with Crippen molar-refractivity contribution in [2.24, 2.45) is 0 Å². The second kappa shape index (κ2) is 8.94. The van der Waals surface area contributed by atoms with E-state index in [1.54, 1.807) is 7.11 Å². The molecule has 1 aliphatic rings. The molecule has 0 aliphatic carbocycles. The zero-order valence-corrected chi connectivity index (χ0v) is 17.2. The SMILES string of the molecule is COc1ccc([C@@H]2CCCN2C(=O)CCNS(=O)(=O)c2ccc(Cl)cc2)cc1. The van der Waals surface area contributed by atoms with Gasteiger partial charge in [0.25, 0.3) is 0 Å². The van der Waals surface area contributed by atoms with Crippen molar-refractivity contribution in [1.82, 2.24) is 9.62 Å². The van der Waals surface area contributed by atoms with E-state index < -0.39 is 10.0 Å². The number of halogens is 1. The average Bonchev–Trinajstić information content (AvgIpc) is 3.18. The quantitative estimate of drug-likeness (QED) is 0.742. The Morgan fingerprint density at radius 1 is 1.18 bits per heavy atom. The highest BCUT2D eigenvalue weighted by atomic mass is 35.5. The van der Waals surface area contributed by atoms with Gasteiger partial charge in [0.2, 0.25) is 15.9 Å². The van der Waals surface area contributed by atoms with E-state index in [2.05, 4.69) is 4.72 Å². The number of likely N-dealkylation sites (tertiary alicyclic amines) is 1. The molecule has 1 fully saturated rings. The highest BCUT2D eigenvalue weighted by molar-refractivity contribution is 7.89. The largest absolute Gasteiger partial charge is 0.497 e. The molecule has 2 aromatic carbocycles. The topological polar surface area (TPSA) is 75.7 Å². The van der Waals surface area contributed by atoms with E-state index in [9.17, 15) is 13.2 Å². The van der Waals surface area contributed by atoms with Crippen LogP contribution in [-0.4, -0.2) is 39.4 Å². The average molecular weight is 423 g/mol. The van der Waals surface area contributed by atoms with Gasteiger partial charge < -0.3 is 9.64 Å². The molecule has 1 aliphatic heterocycles. The lowest BCUT2D eigenvalue weighted by Crippen LogP contribution is -2.34. The van der Waals surface area contributed by atoms with Crippen molar-refractivity contribution in [3.05, 3.63) is 59.1 Å². The fraction of sp³-hybridized carbons (Fsp3) is 0.350. The van der Waals surface area contributed by atoms with Crippen molar-refractivity contribution in [3.63, 3.8) is 0 Å². The summed E-state index contributed by atoms with van der Waals surface area (Å²) in [5, 5.41) is 0.465. The molecule has 2 aromatic rings. The number of nitrogens with zero attached hydrogens (tertiary/aromatic N) is 1. The van der Waals surface area contributed by atoms with Gasteiger partial charge in [-0.1, -0.05) is 23.7 Å². The van der Waals surface area contributed by atoms with Gasteiger partial charge in [0, 0.05) is 24.5 Å². The maximum absolute atomic E-state index is 12.7. The van der Waals surface area contributed by atoms with Crippen molar-refractivity contribution in [2.75, 3.05) is 20.2 Å². The number of rotatable bonds is 7. The first kappa shape index (κ1) is 20.6. The van der Waals surface area contributed by atoms with Crippen LogP contribution in [0.2, 0.25) is 5.02 Å². The van der Waals surface area contributed by atoms with Crippen LogP contribution in [0.3, 0.4) is 0 Å². The molecule has 0 bridgehead atoms. The minimum absolute atomic E-state index is 0.0197. The molecule has 0 unspecified atom stereocenters. The Bertz CT molecular complexity index is 914. The zero-order chi connectivity index (χ0) is 20.1. The molecule has 3 rings (SSSR count). The van der Waals surface area contributed by atoms with Gasteiger partial charge in [-0.15, -0.1) is 0 Å². The number of nitrogens with one attached hydrogen (secondary N) is 1. The second-order valence-electron chi connectivity index (χ2n) is 6.62. The molecule has 1 atom stereocenters. The Hall–Kier alpha value is -2.09. The molecule has 1 N–H and O–H groups in total. The molecule has 0 aromatic heterocycles. The number of sulfonamides is 1. The van der Waals surface area contributed by atoms with Crippen molar-refractivity contribution in [1.29, 1.82) is 0 Å². The van der Waals surface area contributed by atoms with Crippen LogP contribution >= 0.6 is 11.6 Å². The van der Waals surface area contributed by atoms with E-state index in [1.807, 2.05) is 29.2 Å². The summed E-state index contributed by atoms with van der Waals surface area (Å²) in [5.41, 5.74) is 1.06. The van der Waals surface area contributed by atoms with Gasteiger partial charge >= 0.3 is 0 Å². The van der Waals surface area contributed by atoms with Crippen LogP contribution in [0, 0.1) is 0 Å². The maximum Gasteiger partial charge on any atom is 0.240 e. The van der Waals surface area contributed by atoms with Gasteiger partial charge in [-0.05, 0) is 54.8 Å². The second-order valence-corrected chi connectivity index (χ2v) is 8.82. The normalized spacial score (nSPS) is 16.9. The van der Waals surface area contributed by atoms with E-state index in [1.165, 1.54) is 24.3 Å². The summed E-state index contributed by atoms with van der Waals surface area (Å²) in [5.74, 6) is 0.716.